The fraction of sp³-hybridized carbons (Fsp3) is 0.0556. The van der Waals surface area contributed by atoms with Crippen molar-refractivity contribution in [1.29, 1.82) is 0 Å². The standard InChI is InChI=1S/C36H26BrN3O4S/c1-2-44-35(43)25-13-17-28(18-14-25)39-31(23-9-5-3-6-10-23)22-26(32(39)24-11-7-4-8-12-24)21-30-33(41)38-36(45)40(34(30)42)29-19-15-27(37)16-20-29/h3-22H,2H2,1H3,(H,38,41,45). The highest BCUT2D eigenvalue weighted by Crippen LogP contribution is 2.38. The fourth-order valence-electron chi connectivity index (χ4n) is 5.22. The Morgan fingerprint density at radius 1 is 0.844 bits per heavy atom. The molecule has 0 atom stereocenters. The molecule has 0 aliphatic carbocycles. The molecule has 1 N–H and O–H groups in total. The zero-order chi connectivity index (χ0) is 31.5. The lowest BCUT2D eigenvalue weighted by molar-refractivity contribution is -0.122. The molecule has 5 aromatic rings. The van der Waals surface area contributed by atoms with Crippen molar-refractivity contribution in [1.82, 2.24) is 9.88 Å². The molecule has 0 radical (unpaired) electrons. The first-order valence-electron chi connectivity index (χ1n) is 14.2. The van der Waals surface area contributed by atoms with E-state index in [9.17, 15) is 14.4 Å². The number of halogens is 1. The van der Waals surface area contributed by atoms with Crippen LogP contribution < -0.4 is 10.2 Å². The third kappa shape index (κ3) is 6.00. The number of nitrogens with one attached hydrogen (secondary N) is 1. The number of benzene rings is 4. The number of carbonyl (C=O) groups is 3. The average molecular weight is 677 g/mol. The number of carbonyl (C=O) groups excluding carboxylic acids is 3. The second kappa shape index (κ2) is 12.9. The Labute approximate surface area is 273 Å². The van der Waals surface area contributed by atoms with E-state index in [0.717, 1.165) is 32.7 Å². The maximum absolute atomic E-state index is 13.9. The Kier molecular flexibility index (Phi) is 8.55. The molecular weight excluding hydrogens is 650 g/mol. The Balaban J connectivity index is 1.57. The first-order chi connectivity index (χ1) is 21.9. The van der Waals surface area contributed by atoms with E-state index in [1.165, 1.54) is 4.90 Å². The van der Waals surface area contributed by atoms with Crippen molar-refractivity contribution in [3.05, 3.63) is 136 Å². The van der Waals surface area contributed by atoms with Gasteiger partial charge in [0.15, 0.2) is 5.11 Å². The van der Waals surface area contributed by atoms with Gasteiger partial charge in [0.2, 0.25) is 0 Å². The van der Waals surface area contributed by atoms with E-state index in [1.807, 2.05) is 78.9 Å². The van der Waals surface area contributed by atoms with Crippen LogP contribution in [-0.2, 0) is 14.3 Å². The van der Waals surface area contributed by atoms with Gasteiger partial charge in [-0.3, -0.25) is 19.8 Å². The van der Waals surface area contributed by atoms with Crippen molar-refractivity contribution >= 4 is 62.8 Å². The fourth-order valence-corrected chi connectivity index (χ4v) is 5.77. The zero-order valence-electron chi connectivity index (χ0n) is 24.1. The van der Waals surface area contributed by atoms with Gasteiger partial charge in [0.1, 0.15) is 5.57 Å². The highest BCUT2D eigenvalue weighted by atomic mass is 79.9. The number of rotatable bonds is 7. The number of nitrogens with zero attached hydrogens (tertiary/aromatic N) is 2. The van der Waals surface area contributed by atoms with Gasteiger partial charge in [-0.2, -0.15) is 0 Å². The van der Waals surface area contributed by atoms with Crippen LogP contribution in [0.1, 0.15) is 22.8 Å². The minimum Gasteiger partial charge on any atom is -0.462 e. The number of anilines is 1. The Hall–Kier alpha value is -5.12. The summed E-state index contributed by atoms with van der Waals surface area (Å²) in [6.45, 7) is 2.05. The lowest BCUT2D eigenvalue weighted by Crippen LogP contribution is -2.54. The molecule has 7 nitrogen and oxygen atoms in total. The minimum absolute atomic E-state index is 0.0111. The van der Waals surface area contributed by atoms with Crippen molar-refractivity contribution in [2.24, 2.45) is 0 Å². The third-order valence-corrected chi connectivity index (χ3v) is 8.08. The van der Waals surface area contributed by atoms with E-state index < -0.39 is 17.8 Å². The van der Waals surface area contributed by atoms with Crippen LogP contribution in [-0.4, -0.2) is 34.1 Å². The molecule has 2 amide bonds. The summed E-state index contributed by atoms with van der Waals surface area (Å²) in [7, 11) is 0. The van der Waals surface area contributed by atoms with Crippen molar-refractivity contribution in [3.8, 4) is 28.2 Å². The van der Waals surface area contributed by atoms with Gasteiger partial charge in [0, 0.05) is 15.7 Å². The molecule has 1 saturated heterocycles. The second-order valence-corrected chi connectivity index (χ2v) is 11.4. The molecule has 0 bridgehead atoms. The number of aromatic nitrogens is 1. The molecule has 1 aliphatic rings. The minimum atomic E-state index is -0.579. The summed E-state index contributed by atoms with van der Waals surface area (Å²) in [6.07, 6.45) is 1.61. The van der Waals surface area contributed by atoms with Crippen molar-refractivity contribution < 1.29 is 19.1 Å². The van der Waals surface area contributed by atoms with Gasteiger partial charge in [-0.15, -0.1) is 0 Å². The summed E-state index contributed by atoms with van der Waals surface area (Å²) in [5, 5.41) is 2.69. The van der Waals surface area contributed by atoms with Crippen molar-refractivity contribution in [2.45, 2.75) is 6.92 Å². The van der Waals surface area contributed by atoms with Crippen molar-refractivity contribution in [3.63, 3.8) is 0 Å². The van der Waals surface area contributed by atoms with Crippen LogP contribution >= 0.6 is 28.1 Å². The predicted molar refractivity (Wildman–Crippen MR) is 183 cm³/mol. The van der Waals surface area contributed by atoms with Gasteiger partial charge in [-0.25, -0.2) is 4.79 Å². The number of hydrogen-bond donors (Lipinski definition) is 1. The van der Waals surface area contributed by atoms with Gasteiger partial charge < -0.3 is 9.30 Å². The van der Waals surface area contributed by atoms with E-state index in [4.69, 9.17) is 17.0 Å². The van der Waals surface area contributed by atoms with Crippen LogP contribution in [0.4, 0.5) is 5.69 Å². The molecule has 9 heteroatoms. The molecule has 1 fully saturated rings. The summed E-state index contributed by atoms with van der Waals surface area (Å²) in [5.41, 5.74) is 5.72. The van der Waals surface area contributed by atoms with Gasteiger partial charge >= 0.3 is 5.97 Å². The smallest absolute Gasteiger partial charge is 0.338 e. The predicted octanol–water partition coefficient (Wildman–Crippen LogP) is 7.58. The molecule has 1 aliphatic heterocycles. The Morgan fingerprint density at radius 2 is 1.44 bits per heavy atom. The Morgan fingerprint density at radius 3 is 2.07 bits per heavy atom. The summed E-state index contributed by atoms with van der Waals surface area (Å²) < 4.78 is 8.09. The largest absolute Gasteiger partial charge is 0.462 e. The molecule has 0 spiro atoms. The number of esters is 1. The monoisotopic (exact) mass is 675 g/mol. The first-order valence-corrected chi connectivity index (χ1v) is 15.4. The SMILES string of the molecule is CCOC(=O)c1ccc(-n2c(-c3ccccc3)cc(C=C3C(=O)NC(=S)N(c4ccc(Br)cc4)C3=O)c2-c2ccccc2)cc1. The molecule has 4 aromatic carbocycles. The maximum Gasteiger partial charge on any atom is 0.338 e. The third-order valence-electron chi connectivity index (χ3n) is 7.27. The van der Waals surface area contributed by atoms with Crippen LogP contribution in [0.2, 0.25) is 0 Å². The quantitative estimate of drug-likeness (QED) is 0.0833. The van der Waals surface area contributed by atoms with Crippen molar-refractivity contribution in [2.75, 3.05) is 11.5 Å². The topological polar surface area (TPSA) is 80.6 Å². The molecule has 1 aromatic heterocycles. The normalized spacial score (nSPS) is 14.0. The molecule has 0 saturated carbocycles. The lowest BCUT2D eigenvalue weighted by atomic mass is 10.0. The van der Waals surface area contributed by atoms with E-state index in [1.54, 1.807) is 49.4 Å². The summed E-state index contributed by atoms with van der Waals surface area (Å²) >= 11 is 8.83. The van der Waals surface area contributed by atoms with E-state index in [0.29, 0.717) is 16.8 Å². The second-order valence-electron chi connectivity index (χ2n) is 10.1. The molecular formula is C36H26BrN3O4S. The van der Waals surface area contributed by atoms with Crippen LogP contribution in [0.25, 0.3) is 34.3 Å². The number of hydrogen-bond acceptors (Lipinski definition) is 5. The van der Waals surface area contributed by atoms with Crippen LogP contribution in [0.15, 0.2) is 125 Å². The summed E-state index contributed by atoms with van der Waals surface area (Å²) in [6, 6.07) is 35.8. The first kappa shape index (κ1) is 29.9. The molecule has 45 heavy (non-hydrogen) atoms. The van der Waals surface area contributed by atoms with E-state index in [2.05, 4.69) is 25.8 Å². The van der Waals surface area contributed by atoms with Crippen LogP contribution in [0, 0.1) is 0 Å². The number of amides is 2. The number of ether oxygens (including phenoxy) is 1. The van der Waals surface area contributed by atoms with Gasteiger partial charge in [-0.05, 0) is 90.9 Å². The highest BCUT2D eigenvalue weighted by molar-refractivity contribution is 9.10. The molecule has 0 unspecified atom stereocenters. The molecule has 2 heterocycles. The van der Waals surface area contributed by atoms with Gasteiger partial charge in [0.05, 0.1) is 29.2 Å². The zero-order valence-corrected chi connectivity index (χ0v) is 26.5. The molecule has 6 rings (SSSR count). The van der Waals surface area contributed by atoms with E-state index >= 15 is 0 Å². The molecule has 222 valence electrons. The van der Waals surface area contributed by atoms with Gasteiger partial charge in [0.25, 0.3) is 11.8 Å². The Bertz CT molecular complexity index is 1950. The van der Waals surface area contributed by atoms with Crippen LogP contribution in [0.5, 0.6) is 0 Å². The summed E-state index contributed by atoms with van der Waals surface area (Å²) in [4.78, 5) is 41.0. The van der Waals surface area contributed by atoms with Crippen LogP contribution in [0.3, 0.4) is 0 Å². The maximum atomic E-state index is 13.9. The highest BCUT2D eigenvalue weighted by Gasteiger charge is 2.35. The summed E-state index contributed by atoms with van der Waals surface area (Å²) in [5.74, 6) is -1.51. The van der Waals surface area contributed by atoms with Gasteiger partial charge in [-0.1, -0.05) is 76.6 Å². The number of thiocarbonyl (C=S) groups is 1. The lowest BCUT2D eigenvalue weighted by Gasteiger charge is -2.29. The van der Waals surface area contributed by atoms with E-state index in [-0.39, 0.29) is 17.3 Å². The average Bonchev–Trinajstić information content (AvgIpc) is 3.44.